The molecule has 33 heavy (non-hydrogen) atoms. The van der Waals surface area contributed by atoms with Gasteiger partial charge in [-0.2, -0.15) is 0 Å². The first kappa shape index (κ1) is 30.4. The van der Waals surface area contributed by atoms with Crippen LogP contribution in [0.5, 0.6) is 0 Å². The Morgan fingerprint density at radius 1 is 0.697 bits per heavy atom. The Kier molecular flexibility index (Phi) is 18.4. The van der Waals surface area contributed by atoms with Gasteiger partial charge in [-0.15, -0.1) is 0 Å². The molecule has 10 nitrogen and oxygen atoms in total. The molecule has 0 fully saturated rings. The van der Waals surface area contributed by atoms with Crippen molar-refractivity contribution in [2.45, 2.75) is 103 Å². The fourth-order valence-corrected chi connectivity index (χ4v) is 3.25. The first-order valence-electron chi connectivity index (χ1n) is 12.1. The maximum atomic E-state index is 11.8. The van der Waals surface area contributed by atoms with Crippen LogP contribution in [-0.2, 0) is 24.0 Å². The minimum atomic E-state index is -1.30. The normalized spacial score (nSPS) is 11.4. The minimum Gasteiger partial charge on any atom is -0.480 e. The molecule has 0 rings (SSSR count). The predicted octanol–water partition coefficient (Wildman–Crippen LogP) is 1.75. The van der Waals surface area contributed by atoms with Crippen molar-refractivity contribution in [1.82, 2.24) is 16.0 Å². The van der Waals surface area contributed by atoms with Gasteiger partial charge < -0.3 is 26.8 Å². The third-order valence-corrected chi connectivity index (χ3v) is 5.21. The number of hydrogen-bond donors (Lipinski definition) is 5. The second-order valence-electron chi connectivity index (χ2n) is 8.30. The zero-order valence-corrected chi connectivity index (χ0v) is 20.0. The summed E-state index contributed by atoms with van der Waals surface area (Å²) in [7, 11) is 0. The first-order chi connectivity index (χ1) is 15.8. The Balaban J connectivity index is 3.76. The van der Waals surface area contributed by atoms with Crippen LogP contribution in [-0.4, -0.2) is 53.8 Å². The van der Waals surface area contributed by atoms with Crippen molar-refractivity contribution in [3.8, 4) is 0 Å². The standard InChI is InChI=1S/C23H42N4O6/c1-2-3-4-5-6-7-8-9-10-11-12-13-20(29)25-16-21(30)26-17-22(31)27-18(23(32)33)14-15-19(24)28/h18H,2-17H2,1H3,(H2,24,28)(H,25,29)(H,26,30)(H,27,31)(H,32,33)/t18-/m0/s1. The maximum absolute atomic E-state index is 11.8. The molecule has 4 amide bonds. The number of unbranched alkanes of at least 4 members (excludes halogenated alkanes) is 10. The second kappa shape index (κ2) is 20.0. The molecule has 1 atom stereocenters. The number of aliphatic carboxylic acids is 1. The van der Waals surface area contributed by atoms with E-state index in [9.17, 15) is 24.0 Å². The van der Waals surface area contributed by atoms with E-state index in [0.29, 0.717) is 6.42 Å². The highest BCUT2D eigenvalue weighted by molar-refractivity contribution is 5.90. The van der Waals surface area contributed by atoms with Crippen molar-refractivity contribution in [3.63, 3.8) is 0 Å². The molecule has 0 unspecified atom stereocenters. The number of carbonyl (C=O) groups excluding carboxylic acids is 4. The lowest BCUT2D eigenvalue weighted by Gasteiger charge is -2.14. The van der Waals surface area contributed by atoms with Crippen molar-refractivity contribution in [1.29, 1.82) is 0 Å². The molecule has 0 aliphatic heterocycles. The summed E-state index contributed by atoms with van der Waals surface area (Å²) in [6.07, 6.45) is 13.2. The van der Waals surface area contributed by atoms with Crippen LogP contribution >= 0.6 is 0 Å². The van der Waals surface area contributed by atoms with Gasteiger partial charge in [0.25, 0.3) is 0 Å². The molecule has 0 heterocycles. The van der Waals surface area contributed by atoms with Crippen molar-refractivity contribution >= 4 is 29.6 Å². The van der Waals surface area contributed by atoms with E-state index >= 15 is 0 Å². The van der Waals surface area contributed by atoms with Gasteiger partial charge in [-0.3, -0.25) is 19.2 Å². The van der Waals surface area contributed by atoms with Gasteiger partial charge in [0.1, 0.15) is 6.04 Å². The van der Waals surface area contributed by atoms with E-state index in [2.05, 4.69) is 22.9 Å². The van der Waals surface area contributed by atoms with Crippen LogP contribution < -0.4 is 21.7 Å². The second-order valence-corrected chi connectivity index (χ2v) is 8.30. The van der Waals surface area contributed by atoms with Gasteiger partial charge in [-0.1, -0.05) is 71.1 Å². The van der Waals surface area contributed by atoms with Crippen molar-refractivity contribution in [2.24, 2.45) is 5.73 Å². The van der Waals surface area contributed by atoms with E-state index in [4.69, 9.17) is 10.8 Å². The Bertz CT molecular complexity index is 612. The van der Waals surface area contributed by atoms with Crippen LogP contribution in [0.3, 0.4) is 0 Å². The van der Waals surface area contributed by atoms with E-state index in [1.165, 1.54) is 51.4 Å². The van der Waals surface area contributed by atoms with Gasteiger partial charge in [0.15, 0.2) is 0 Å². The van der Waals surface area contributed by atoms with Crippen molar-refractivity contribution in [2.75, 3.05) is 13.1 Å². The predicted molar refractivity (Wildman–Crippen MR) is 125 cm³/mol. The van der Waals surface area contributed by atoms with Gasteiger partial charge in [0, 0.05) is 12.8 Å². The number of nitrogens with one attached hydrogen (secondary N) is 3. The Hall–Kier alpha value is -2.65. The summed E-state index contributed by atoms with van der Waals surface area (Å²) in [4.78, 5) is 57.2. The lowest BCUT2D eigenvalue weighted by atomic mass is 10.1. The number of carboxylic acid groups (broad SMARTS) is 1. The molecule has 0 saturated carbocycles. The molecule has 0 aromatic rings. The Labute approximate surface area is 196 Å². The minimum absolute atomic E-state index is 0.139. The number of hydrogen-bond acceptors (Lipinski definition) is 5. The highest BCUT2D eigenvalue weighted by Gasteiger charge is 2.20. The maximum Gasteiger partial charge on any atom is 0.326 e. The van der Waals surface area contributed by atoms with Crippen LogP contribution in [0, 0.1) is 0 Å². The van der Waals surface area contributed by atoms with E-state index < -0.39 is 36.3 Å². The summed E-state index contributed by atoms with van der Waals surface area (Å²) in [6, 6.07) is -1.27. The molecular formula is C23H42N4O6. The first-order valence-corrected chi connectivity index (χ1v) is 12.1. The summed E-state index contributed by atoms with van der Waals surface area (Å²) in [5, 5.41) is 16.1. The lowest BCUT2D eigenvalue weighted by molar-refractivity contribution is -0.142. The number of carboxylic acids is 1. The molecular weight excluding hydrogens is 428 g/mol. The fourth-order valence-electron chi connectivity index (χ4n) is 3.25. The number of amides is 4. The third kappa shape index (κ3) is 19.7. The molecule has 0 spiro atoms. The lowest BCUT2D eigenvalue weighted by Crippen LogP contribution is -2.47. The summed E-state index contributed by atoms with van der Waals surface area (Å²) in [5.74, 6) is -3.46. The van der Waals surface area contributed by atoms with Crippen LogP contribution in [0.25, 0.3) is 0 Å². The highest BCUT2D eigenvalue weighted by Crippen LogP contribution is 2.11. The van der Waals surface area contributed by atoms with Gasteiger partial charge >= 0.3 is 5.97 Å². The van der Waals surface area contributed by atoms with Crippen molar-refractivity contribution < 1.29 is 29.1 Å². The zero-order valence-electron chi connectivity index (χ0n) is 20.0. The van der Waals surface area contributed by atoms with E-state index in [0.717, 1.165) is 19.3 Å². The highest BCUT2D eigenvalue weighted by atomic mass is 16.4. The Morgan fingerprint density at radius 2 is 1.18 bits per heavy atom. The summed E-state index contributed by atoms with van der Waals surface area (Å²) < 4.78 is 0. The Morgan fingerprint density at radius 3 is 1.70 bits per heavy atom. The van der Waals surface area contributed by atoms with Gasteiger partial charge in [-0.05, 0) is 12.8 Å². The summed E-state index contributed by atoms with van der Waals surface area (Å²) >= 11 is 0. The van der Waals surface area contributed by atoms with Crippen LogP contribution in [0.1, 0.15) is 96.8 Å². The van der Waals surface area contributed by atoms with Crippen LogP contribution in [0.2, 0.25) is 0 Å². The molecule has 0 aromatic carbocycles. The molecule has 6 N–H and O–H groups in total. The molecule has 0 radical (unpaired) electrons. The molecule has 0 aliphatic rings. The zero-order chi connectivity index (χ0) is 24.9. The molecule has 10 heteroatoms. The number of nitrogens with two attached hydrogens (primary N) is 1. The largest absolute Gasteiger partial charge is 0.480 e. The van der Waals surface area contributed by atoms with Crippen LogP contribution in [0.15, 0.2) is 0 Å². The smallest absolute Gasteiger partial charge is 0.326 e. The fraction of sp³-hybridized carbons (Fsp3) is 0.783. The van der Waals surface area contributed by atoms with Gasteiger partial charge in [0.2, 0.25) is 23.6 Å². The number of rotatable bonds is 21. The number of carbonyl (C=O) groups is 5. The molecule has 0 aromatic heterocycles. The molecule has 0 saturated heterocycles. The van der Waals surface area contributed by atoms with E-state index in [1.807, 2.05) is 0 Å². The van der Waals surface area contributed by atoms with Crippen LogP contribution in [0.4, 0.5) is 0 Å². The molecule has 190 valence electrons. The quantitative estimate of drug-likeness (QED) is 0.160. The van der Waals surface area contributed by atoms with Crippen molar-refractivity contribution in [3.05, 3.63) is 0 Å². The summed E-state index contributed by atoms with van der Waals surface area (Å²) in [5.41, 5.74) is 4.97. The number of primary amides is 1. The van der Waals surface area contributed by atoms with Gasteiger partial charge in [-0.25, -0.2) is 4.79 Å². The van der Waals surface area contributed by atoms with E-state index in [-0.39, 0.29) is 25.3 Å². The summed E-state index contributed by atoms with van der Waals surface area (Å²) in [6.45, 7) is 1.52. The van der Waals surface area contributed by atoms with E-state index in [1.54, 1.807) is 0 Å². The monoisotopic (exact) mass is 470 g/mol. The SMILES string of the molecule is CCCCCCCCCCCCCC(=O)NCC(=O)NCC(=O)N[C@@H](CCC(N)=O)C(=O)O. The van der Waals surface area contributed by atoms with Gasteiger partial charge in [0.05, 0.1) is 13.1 Å². The molecule has 0 aliphatic carbocycles. The topological polar surface area (TPSA) is 168 Å². The molecule has 0 bridgehead atoms. The average molecular weight is 471 g/mol. The average Bonchev–Trinajstić information content (AvgIpc) is 2.77. The third-order valence-electron chi connectivity index (χ3n) is 5.21.